The van der Waals surface area contributed by atoms with Crippen LogP contribution >= 0.6 is 36.4 Å². The van der Waals surface area contributed by atoms with Crippen molar-refractivity contribution in [3.8, 4) is 0 Å². The van der Waals surface area contributed by atoms with Crippen molar-refractivity contribution in [1.82, 2.24) is 9.80 Å². The quantitative estimate of drug-likeness (QED) is 0.449. The van der Waals surface area contributed by atoms with Gasteiger partial charge in [0.05, 0.1) is 0 Å². The number of benzene rings is 2. The summed E-state index contributed by atoms with van der Waals surface area (Å²) in [6, 6.07) is 16.6. The molecule has 0 aromatic heterocycles. The molecule has 6 heteroatoms. The number of thiocarbonyl (C=S) groups is 1. The van der Waals surface area contributed by atoms with Crippen molar-refractivity contribution in [1.29, 1.82) is 0 Å². The first-order valence-electron chi connectivity index (χ1n) is 10.3. The van der Waals surface area contributed by atoms with Gasteiger partial charge in [0.1, 0.15) is 10.1 Å². The molecule has 0 radical (unpaired) electrons. The van der Waals surface area contributed by atoms with Gasteiger partial charge in [0, 0.05) is 25.4 Å². The van der Waals surface area contributed by atoms with Crippen LogP contribution in [0.15, 0.2) is 48.5 Å². The molecule has 164 valence electrons. The Hall–Kier alpha value is -1.14. The second-order valence-electron chi connectivity index (χ2n) is 8.24. The summed E-state index contributed by atoms with van der Waals surface area (Å²) in [6.45, 7) is 0.986. The Bertz CT molecular complexity index is 805. The highest BCUT2D eigenvalue weighted by atomic mass is 35.5. The van der Waals surface area contributed by atoms with Gasteiger partial charge in [0.25, 0.3) is 0 Å². The summed E-state index contributed by atoms with van der Waals surface area (Å²) in [5, 5.41) is 0. The molecule has 3 rings (SSSR count). The largest absolute Gasteiger partial charge is 0.358 e. The molecule has 0 N–H and O–H groups in total. The van der Waals surface area contributed by atoms with Gasteiger partial charge in [-0.2, -0.15) is 0 Å². The lowest BCUT2D eigenvalue weighted by Crippen LogP contribution is -2.37. The minimum atomic E-state index is -0.150. The van der Waals surface area contributed by atoms with Gasteiger partial charge in [0.15, 0.2) is 0 Å². The monoisotopic (exact) mass is 466 g/mol. The first-order chi connectivity index (χ1) is 13.9. The molecular weight excluding hydrogens is 435 g/mol. The predicted octanol–water partition coefficient (Wildman–Crippen LogP) is 6.49. The van der Waals surface area contributed by atoms with Crippen molar-refractivity contribution in [2.24, 2.45) is 0 Å². The summed E-state index contributed by atoms with van der Waals surface area (Å²) in [4.78, 5) is 4.43. The fourth-order valence-electron chi connectivity index (χ4n) is 4.06. The van der Waals surface area contributed by atoms with Crippen molar-refractivity contribution < 1.29 is 4.39 Å². The Morgan fingerprint density at radius 3 is 2.23 bits per heavy atom. The second kappa shape index (κ2) is 12.0. The molecule has 2 aromatic rings. The van der Waals surface area contributed by atoms with Gasteiger partial charge in [-0.3, -0.25) is 0 Å². The molecule has 0 amide bonds. The molecular formula is C24H32ClFN2S2. The average molecular weight is 467 g/mol. The van der Waals surface area contributed by atoms with E-state index in [0.29, 0.717) is 17.7 Å². The van der Waals surface area contributed by atoms with Crippen molar-refractivity contribution >= 4 is 40.7 Å². The van der Waals surface area contributed by atoms with Crippen LogP contribution in [0.25, 0.3) is 0 Å². The van der Waals surface area contributed by atoms with Gasteiger partial charge in [-0.05, 0) is 68.5 Å². The van der Waals surface area contributed by atoms with Gasteiger partial charge in [0.2, 0.25) is 0 Å². The molecule has 1 aliphatic rings. The first kappa shape index (κ1) is 25.1. The number of hydrogen-bond acceptors (Lipinski definition) is 3. The Labute approximate surface area is 196 Å². The van der Waals surface area contributed by atoms with Crippen LogP contribution in [0, 0.1) is 5.82 Å². The van der Waals surface area contributed by atoms with Gasteiger partial charge >= 0.3 is 0 Å². The van der Waals surface area contributed by atoms with E-state index in [-0.39, 0.29) is 18.2 Å². The summed E-state index contributed by atoms with van der Waals surface area (Å²) in [6.07, 6.45) is 4.70. The summed E-state index contributed by atoms with van der Waals surface area (Å²) < 4.78 is 14.7. The van der Waals surface area contributed by atoms with E-state index in [1.54, 1.807) is 17.8 Å². The highest BCUT2D eigenvalue weighted by Gasteiger charge is 2.26. The van der Waals surface area contributed by atoms with Crippen LogP contribution in [0.3, 0.4) is 0 Å². The lowest BCUT2D eigenvalue weighted by atomic mass is 9.81. The normalized spacial score (nSPS) is 18.7. The van der Waals surface area contributed by atoms with E-state index in [1.165, 1.54) is 30.0 Å². The van der Waals surface area contributed by atoms with E-state index < -0.39 is 0 Å². The molecule has 0 spiro atoms. The lowest BCUT2D eigenvalue weighted by molar-refractivity contribution is 0.267. The molecule has 0 saturated heterocycles. The van der Waals surface area contributed by atoms with Crippen molar-refractivity contribution in [3.63, 3.8) is 0 Å². The molecule has 0 heterocycles. The molecule has 2 aromatic carbocycles. The maximum atomic E-state index is 13.8. The maximum Gasteiger partial charge on any atom is 0.136 e. The third-order valence-electron chi connectivity index (χ3n) is 5.79. The predicted molar refractivity (Wildman–Crippen MR) is 134 cm³/mol. The highest BCUT2D eigenvalue weighted by molar-refractivity contribution is 8.22. The van der Waals surface area contributed by atoms with Crippen LogP contribution in [0.5, 0.6) is 0 Å². The Morgan fingerprint density at radius 2 is 1.63 bits per heavy atom. The molecule has 1 fully saturated rings. The molecule has 0 atom stereocenters. The Balaban J connectivity index is 0.00000320. The summed E-state index contributed by atoms with van der Waals surface area (Å²) in [5.41, 5.74) is 3.55. The zero-order valence-corrected chi connectivity index (χ0v) is 20.5. The lowest BCUT2D eigenvalue weighted by Gasteiger charge is -2.36. The van der Waals surface area contributed by atoms with Gasteiger partial charge in [-0.1, -0.05) is 66.4 Å². The van der Waals surface area contributed by atoms with E-state index in [0.717, 1.165) is 29.3 Å². The number of thioether (sulfide) groups is 1. The van der Waals surface area contributed by atoms with Crippen LogP contribution in [0.4, 0.5) is 4.39 Å². The van der Waals surface area contributed by atoms with Crippen LogP contribution < -0.4 is 0 Å². The van der Waals surface area contributed by atoms with Crippen LogP contribution in [-0.2, 0) is 12.3 Å². The Kier molecular flexibility index (Phi) is 10.1. The molecule has 0 bridgehead atoms. The van der Waals surface area contributed by atoms with Crippen LogP contribution in [0.2, 0.25) is 0 Å². The topological polar surface area (TPSA) is 6.48 Å². The summed E-state index contributed by atoms with van der Waals surface area (Å²) in [5.74, 6) is 1.08. The fraction of sp³-hybridized carbons (Fsp3) is 0.458. The van der Waals surface area contributed by atoms with Crippen molar-refractivity contribution in [3.05, 3.63) is 71.0 Å². The number of rotatable bonds is 6. The minimum Gasteiger partial charge on any atom is -0.358 e. The SMILES string of the molecule is CN(C)Cc1ccc([C@H]2CC[C@H](N(C)C(=S)SCc3ccccc3F)CC2)cc1.Cl. The van der Waals surface area contributed by atoms with Crippen LogP contribution in [-0.4, -0.2) is 41.3 Å². The zero-order chi connectivity index (χ0) is 20.8. The number of halogens is 2. The molecule has 30 heavy (non-hydrogen) atoms. The van der Waals surface area contributed by atoms with E-state index in [2.05, 4.69) is 55.2 Å². The summed E-state index contributed by atoms with van der Waals surface area (Å²) in [7, 11) is 6.30. The Morgan fingerprint density at radius 1 is 1.00 bits per heavy atom. The average Bonchev–Trinajstić information content (AvgIpc) is 2.73. The first-order valence-corrected chi connectivity index (χ1v) is 11.7. The molecule has 0 aliphatic heterocycles. The van der Waals surface area contributed by atoms with Gasteiger partial charge in [-0.15, -0.1) is 12.4 Å². The van der Waals surface area contributed by atoms with Crippen molar-refractivity contribution in [2.75, 3.05) is 21.1 Å². The number of nitrogens with zero attached hydrogens (tertiary/aromatic N) is 2. The van der Waals surface area contributed by atoms with E-state index in [1.807, 2.05) is 12.1 Å². The fourth-order valence-corrected chi connectivity index (χ4v) is 5.25. The highest BCUT2D eigenvalue weighted by Crippen LogP contribution is 2.35. The van der Waals surface area contributed by atoms with Gasteiger partial charge in [-0.25, -0.2) is 4.39 Å². The minimum absolute atomic E-state index is 0. The smallest absolute Gasteiger partial charge is 0.136 e. The summed E-state index contributed by atoms with van der Waals surface area (Å²) >= 11 is 7.20. The third kappa shape index (κ3) is 6.94. The van der Waals surface area contributed by atoms with Crippen molar-refractivity contribution in [2.45, 2.75) is 49.9 Å². The van der Waals surface area contributed by atoms with E-state index in [9.17, 15) is 4.39 Å². The zero-order valence-electron chi connectivity index (χ0n) is 18.0. The van der Waals surface area contributed by atoms with Crippen LogP contribution in [0.1, 0.15) is 48.3 Å². The third-order valence-corrected chi connectivity index (χ3v) is 7.42. The number of hydrogen-bond donors (Lipinski definition) is 0. The molecule has 0 unspecified atom stereocenters. The van der Waals surface area contributed by atoms with E-state index >= 15 is 0 Å². The van der Waals surface area contributed by atoms with Gasteiger partial charge < -0.3 is 9.80 Å². The molecule has 1 saturated carbocycles. The molecule has 1 aliphatic carbocycles. The van der Waals surface area contributed by atoms with E-state index in [4.69, 9.17) is 12.2 Å². The maximum absolute atomic E-state index is 13.8. The standard InChI is InChI=1S/C24H31FN2S2.ClH/c1-26(2)16-18-8-10-19(11-9-18)20-12-14-22(15-13-20)27(3)24(28)29-17-21-6-4-5-7-23(21)25;/h4-11,20,22H,12-17H2,1-3H3;1H/t20-,22-;. The molecule has 2 nitrogen and oxygen atoms in total. The second-order valence-corrected chi connectivity index (χ2v) is 9.85.